The maximum Gasteiger partial charge on any atom is 0.287 e. The smallest absolute Gasteiger partial charge is 0.287 e. The quantitative estimate of drug-likeness (QED) is 0.861. The van der Waals surface area contributed by atoms with E-state index in [4.69, 9.17) is 4.42 Å². The number of Topliss-reactive ketones (excluding diaryl/α,β-unsaturated/α-hetero) is 1. The second kappa shape index (κ2) is 7.81. The molecule has 7 heteroatoms. The summed E-state index contributed by atoms with van der Waals surface area (Å²) in [6.07, 6.45) is 3.05. The van der Waals surface area contributed by atoms with Crippen molar-refractivity contribution in [2.45, 2.75) is 45.1 Å². The fourth-order valence-electron chi connectivity index (χ4n) is 4.15. The summed E-state index contributed by atoms with van der Waals surface area (Å²) in [5, 5.41) is 2.95. The zero-order valence-electron chi connectivity index (χ0n) is 16.3. The van der Waals surface area contributed by atoms with E-state index in [2.05, 4.69) is 5.32 Å². The average molecular weight is 398 g/mol. The largest absolute Gasteiger partial charge is 0.455 e. The molecular formula is C22H23FN2O4. The van der Waals surface area contributed by atoms with Crippen molar-refractivity contribution in [3.63, 3.8) is 0 Å². The number of carbonyl (C=O) groups excluding carboxylic acids is 3. The van der Waals surface area contributed by atoms with Gasteiger partial charge in [0.15, 0.2) is 11.5 Å². The minimum absolute atomic E-state index is 0.0338. The summed E-state index contributed by atoms with van der Waals surface area (Å²) in [7, 11) is 0. The summed E-state index contributed by atoms with van der Waals surface area (Å²) in [4.78, 5) is 38.9. The molecule has 1 aliphatic carbocycles. The van der Waals surface area contributed by atoms with E-state index in [1.54, 1.807) is 24.0 Å². The van der Waals surface area contributed by atoms with E-state index in [9.17, 15) is 18.8 Å². The zero-order chi connectivity index (χ0) is 20.5. The summed E-state index contributed by atoms with van der Waals surface area (Å²) in [6, 6.07) is 5.84. The number of likely N-dealkylation sites (tertiary alicyclic amines) is 1. The molecule has 152 valence electrons. The van der Waals surface area contributed by atoms with Crippen molar-refractivity contribution in [3.05, 3.63) is 58.3 Å². The van der Waals surface area contributed by atoms with Crippen molar-refractivity contribution in [1.29, 1.82) is 0 Å². The van der Waals surface area contributed by atoms with Crippen LogP contribution < -0.4 is 5.32 Å². The van der Waals surface area contributed by atoms with Crippen LogP contribution in [0.1, 0.15) is 68.3 Å². The molecule has 1 aromatic carbocycles. The molecule has 4 rings (SSSR count). The lowest BCUT2D eigenvalue weighted by atomic mass is 9.94. The van der Waals surface area contributed by atoms with Crippen LogP contribution in [-0.4, -0.2) is 41.6 Å². The third-order valence-electron chi connectivity index (χ3n) is 5.73. The number of benzene rings is 1. The van der Waals surface area contributed by atoms with Gasteiger partial charge in [-0.05, 0) is 38.3 Å². The van der Waals surface area contributed by atoms with E-state index in [0.717, 1.165) is 6.42 Å². The number of fused-ring (bicyclic) bond motifs is 1. The number of furan rings is 1. The third kappa shape index (κ3) is 3.69. The Kier molecular flexibility index (Phi) is 5.22. The molecule has 2 aromatic rings. The van der Waals surface area contributed by atoms with Crippen LogP contribution in [0.2, 0.25) is 0 Å². The minimum atomic E-state index is -0.528. The Balaban J connectivity index is 1.38. The SMILES string of the molecule is Cc1c(C(=O)NC2CCN(C(=O)c3ccccc3F)CC2)oc2c1C(=O)CCC2. The number of halogens is 1. The van der Waals surface area contributed by atoms with Gasteiger partial charge in [-0.2, -0.15) is 0 Å². The highest BCUT2D eigenvalue weighted by atomic mass is 19.1. The van der Waals surface area contributed by atoms with Crippen LogP contribution >= 0.6 is 0 Å². The number of nitrogens with one attached hydrogen (secondary N) is 1. The van der Waals surface area contributed by atoms with E-state index in [1.807, 2.05) is 0 Å². The summed E-state index contributed by atoms with van der Waals surface area (Å²) in [6.45, 7) is 2.62. The van der Waals surface area contributed by atoms with Gasteiger partial charge in [-0.15, -0.1) is 0 Å². The molecule has 0 unspecified atom stereocenters. The minimum Gasteiger partial charge on any atom is -0.455 e. The first-order valence-electron chi connectivity index (χ1n) is 9.96. The van der Waals surface area contributed by atoms with Gasteiger partial charge in [0, 0.05) is 37.5 Å². The molecule has 0 spiro atoms. The molecule has 29 heavy (non-hydrogen) atoms. The second-order valence-electron chi connectivity index (χ2n) is 7.65. The highest BCUT2D eigenvalue weighted by Gasteiger charge is 2.31. The average Bonchev–Trinajstić information content (AvgIpc) is 3.06. The van der Waals surface area contributed by atoms with Crippen molar-refractivity contribution in [1.82, 2.24) is 10.2 Å². The van der Waals surface area contributed by atoms with E-state index < -0.39 is 5.82 Å². The van der Waals surface area contributed by atoms with Crippen LogP contribution in [0.4, 0.5) is 4.39 Å². The zero-order valence-corrected chi connectivity index (χ0v) is 16.3. The number of piperidine rings is 1. The predicted octanol–water partition coefficient (Wildman–Crippen LogP) is 3.28. The van der Waals surface area contributed by atoms with E-state index in [-0.39, 0.29) is 35.0 Å². The molecule has 0 bridgehead atoms. The maximum absolute atomic E-state index is 13.9. The Hall–Kier alpha value is -2.96. The Morgan fingerprint density at radius 3 is 2.59 bits per heavy atom. The van der Waals surface area contributed by atoms with Gasteiger partial charge in [-0.3, -0.25) is 14.4 Å². The maximum atomic E-state index is 13.9. The number of aryl methyl sites for hydroxylation is 1. The standard InChI is InChI=1S/C22H23FN2O4/c1-13-19-17(26)7-4-8-18(19)29-20(13)21(27)24-14-9-11-25(12-10-14)22(28)15-5-2-3-6-16(15)23/h2-3,5-6,14H,4,7-12H2,1H3,(H,24,27). The lowest BCUT2D eigenvalue weighted by molar-refractivity contribution is 0.0690. The fourth-order valence-corrected chi connectivity index (χ4v) is 4.15. The lowest BCUT2D eigenvalue weighted by Gasteiger charge is -2.32. The summed E-state index contributed by atoms with van der Waals surface area (Å²) in [5.41, 5.74) is 1.23. The van der Waals surface area contributed by atoms with Crippen molar-refractivity contribution in [2.24, 2.45) is 0 Å². The number of hydrogen-bond donors (Lipinski definition) is 1. The van der Waals surface area contributed by atoms with Gasteiger partial charge in [0.05, 0.1) is 11.1 Å². The summed E-state index contributed by atoms with van der Waals surface area (Å²) < 4.78 is 19.6. The van der Waals surface area contributed by atoms with Crippen molar-refractivity contribution in [3.8, 4) is 0 Å². The van der Waals surface area contributed by atoms with Crippen LogP contribution in [-0.2, 0) is 6.42 Å². The van der Waals surface area contributed by atoms with Crippen molar-refractivity contribution >= 4 is 17.6 Å². The number of carbonyl (C=O) groups is 3. The van der Waals surface area contributed by atoms with Gasteiger partial charge in [0.2, 0.25) is 0 Å². The molecule has 1 aliphatic heterocycles. The normalized spacial score (nSPS) is 17.2. The molecule has 1 N–H and O–H groups in total. The topological polar surface area (TPSA) is 79.6 Å². The Bertz CT molecular complexity index is 973. The van der Waals surface area contributed by atoms with Gasteiger partial charge < -0.3 is 14.6 Å². The molecule has 2 heterocycles. The van der Waals surface area contributed by atoms with Gasteiger partial charge in [-0.25, -0.2) is 4.39 Å². The molecule has 0 atom stereocenters. The number of ketones is 1. The fraction of sp³-hybridized carbons (Fsp3) is 0.409. The van der Waals surface area contributed by atoms with Crippen molar-refractivity contribution < 1.29 is 23.2 Å². The number of rotatable bonds is 3. The molecule has 1 saturated heterocycles. The monoisotopic (exact) mass is 398 g/mol. The van der Waals surface area contributed by atoms with Crippen LogP contribution in [0, 0.1) is 12.7 Å². The molecule has 1 fully saturated rings. The Morgan fingerprint density at radius 1 is 1.17 bits per heavy atom. The second-order valence-corrected chi connectivity index (χ2v) is 7.65. The van der Waals surface area contributed by atoms with Gasteiger partial charge >= 0.3 is 0 Å². The molecule has 0 saturated carbocycles. The third-order valence-corrected chi connectivity index (χ3v) is 5.73. The van der Waals surface area contributed by atoms with Gasteiger partial charge in [0.25, 0.3) is 11.8 Å². The Labute approximate surface area is 168 Å². The van der Waals surface area contributed by atoms with E-state index >= 15 is 0 Å². The molecular weight excluding hydrogens is 375 g/mol. The van der Waals surface area contributed by atoms with Gasteiger partial charge in [-0.1, -0.05) is 12.1 Å². The molecule has 6 nitrogen and oxygen atoms in total. The van der Waals surface area contributed by atoms with Crippen LogP contribution in [0.25, 0.3) is 0 Å². The predicted molar refractivity (Wildman–Crippen MR) is 104 cm³/mol. The first-order chi connectivity index (χ1) is 14.0. The van der Waals surface area contributed by atoms with E-state index in [0.29, 0.717) is 55.7 Å². The van der Waals surface area contributed by atoms with Crippen LogP contribution in [0.3, 0.4) is 0 Å². The number of amides is 2. The first kappa shape index (κ1) is 19.4. The van der Waals surface area contributed by atoms with E-state index in [1.165, 1.54) is 12.1 Å². The highest BCUT2D eigenvalue weighted by molar-refractivity contribution is 6.03. The number of hydrogen-bond acceptors (Lipinski definition) is 4. The number of nitrogens with zero attached hydrogens (tertiary/aromatic N) is 1. The summed E-state index contributed by atoms with van der Waals surface area (Å²) >= 11 is 0. The van der Waals surface area contributed by atoms with Crippen LogP contribution in [0.5, 0.6) is 0 Å². The molecule has 2 aliphatic rings. The molecule has 1 aromatic heterocycles. The van der Waals surface area contributed by atoms with Crippen LogP contribution in [0.15, 0.2) is 28.7 Å². The van der Waals surface area contributed by atoms with Gasteiger partial charge in [0.1, 0.15) is 11.6 Å². The highest BCUT2D eigenvalue weighted by Crippen LogP contribution is 2.29. The Morgan fingerprint density at radius 2 is 1.90 bits per heavy atom. The van der Waals surface area contributed by atoms with Crippen molar-refractivity contribution in [2.75, 3.05) is 13.1 Å². The molecule has 2 amide bonds. The summed E-state index contributed by atoms with van der Waals surface area (Å²) in [5.74, 6) is -0.347. The lowest BCUT2D eigenvalue weighted by Crippen LogP contribution is -2.46. The molecule has 0 radical (unpaired) electrons. The first-order valence-corrected chi connectivity index (χ1v) is 9.96.